The van der Waals surface area contributed by atoms with Gasteiger partial charge in [0.1, 0.15) is 0 Å². The van der Waals surface area contributed by atoms with Crippen LogP contribution in [0.4, 0.5) is 0 Å². The van der Waals surface area contributed by atoms with Gasteiger partial charge >= 0.3 is 0 Å². The van der Waals surface area contributed by atoms with E-state index in [2.05, 4.69) is 23.8 Å². The average Bonchev–Trinajstić information content (AvgIpc) is 2.26. The first-order valence-electron chi connectivity index (χ1n) is 5.49. The zero-order chi connectivity index (χ0) is 12.3. The number of halogens is 1. The second kappa shape index (κ2) is 5.26. The third-order valence-corrected chi connectivity index (χ3v) is 2.75. The third-order valence-electron chi connectivity index (χ3n) is 2.40. The molecule has 0 atom stereocenters. The summed E-state index contributed by atoms with van der Waals surface area (Å²) < 4.78 is 0. The van der Waals surface area contributed by atoms with Crippen LogP contribution in [0.3, 0.4) is 0 Å². The normalized spacial score (nSPS) is 9.88. The van der Waals surface area contributed by atoms with E-state index in [1.54, 1.807) is 0 Å². The van der Waals surface area contributed by atoms with Gasteiger partial charge in [-0.25, -0.2) is 9.97 Å². The Kier molecular flexibility index (Phi) is 4.25. The van der Waals surface area contributed by atoms with Crippen molar-refractivity contribution in [3.63, 3.8) is 0 Å². The molecule has 0 radical (unpaired) electrons. The number of hydrogen-bond acceptors (Lipinski definition) is 2. The molecule has 1 aromatic carbocycles. The molecule has 0 N–H and O–H groups in total. The predicted molar refractivity (Wildman–Crippen MR) is 70.1 cm³/mol. The van der Waals surface area contributed by atoms with Gasteiger partial charge in [-0.1, -0.05) is 25.4 Å². The minimum atomic E-state index is 0.487. The van der Waals surface area contributed by atoms with Crippen LogP contribution >= 0.6 is 11.6 Å². The van der Waals surface area contributed by atoms with Crippen molar-refractivity contribution < 1.29 is 0 Å². The first kappa shape index (κ1) is 12.9. The molecule has 2 nitrogen and oxygen atoms in total. The molecule has 0 saturated heterocycles. The third kappa shape index (κ3) is 2.50. The van der Waals surface area contributed by atoms with Gasteiger partial charge in [-0.2, -0.15) is 0 Å². The topological polar surface area (TPSA) is 25.8 Å². The minimum Gasteiger partial charge on any atom is -0.248 e. The van der Waals surface area contributed by atoms with Crippen LogP contribution in [-0.4, -0.2) is 9.97 Å². The fraction of sp³-hybridized carbons (Fsp3) is 0.385. The molecule has 16 heavy (non-hydrogen) atoms. The molecule has 0 saturated carbocycles. The maximum atomic E-state index is 5.91. The summed E-state index contributed by atoms with van der Waals surface area (Å²) in [6.45, 7) is 9.99. The summed E-state index contributed by atoms with van der Waals surface area (Å²) in [4.78, 5) is 8.66. The monoisotopic (exact) mass is 236 g/mol. The van der Waals surface area contributed by atoms with Crippen LogP contribution in [0, 0.1) is 20.8 Å². The molecule has 0 aliphatic carbocycles. The van der Waals surface area contributed by atoms with Crippen LogP contribution in [0.1, 0.15) is 30.7 Å². The molecule has 0 aliphatic rings. The van der Waals surface area contributed by atoms with Crippen molar-refractivity contribution in [2.24, 2.45) is 0 Å². The Morgan fingerprint density at radius 2 is 1.31 bits per heavy atom. The van der Waals surface area contributed by atoms with E-state index < -0.39 is 0 Å². The number of hydrogen-bond donors (Lipinski definition) is 0. The predicted octanol–water partition coefficient (Wildman–Crippen LogP) is 4.23. The zero-order valence-electron chi connectivity index (χ0n) is 10.4. The van der Waals surface area contributed by atoms with Crippen LogP contribution in [0.15, 0.2) is 12.1 Å². The lowest BCUT2D eigenvalue weighted by atomic mass is 10.1. The maximum absolute atomic E-state index is 5.91. The number of fused-ring (bicyclic) bond motifs is 1. The lowest BCUT2D eigenvalue weighted by Gasteiger charge is -2.04. The van der Waals surface area contributed by atoms with E-state index >= 15 is 0 Å². The molecule has 0 spiro atoms. The smallest absolute Gasteiger partial charge is 0.150 e. The molecular formula is C13H17ClN2. The highest BCUT2D eigenvalue weighted by Gasteiger charge is 2.04. The first-order chi connectivity index (χ1) is 7.58. The van der Waals surface area contributed by atoms with Crippen LogP contribution < -0.4 is 0 Å². The van der Waals surface area contributed by atoms with Crippen molar-refractivity contribution in [2.75, 3.05) is 0 Å². The van der Waals surface area contributed by atoms with E-state index in [9.17, 15) is 0 Å². The molecule has 0 unspecified atom stereocenters. The minimum absolute atomic E-state index is 0.487. The Morgan fingerprint density at radius 1 is 0.875 bits per heavy atom. The summed E-state index contributed by atoms with van der Waals surface area (Å²) in [5, 5.41) is 0.487. The SMILES string of the molecule is CC.Cc1cc2nc(C)c(Cl)nc2cc1C. The summed E-state index contributed by atoms with van der Waals surface area (Å²) in [7, 11) is 0. The van der Waals surface area contributed by atoms with E-state index in [0.29, 0.717) is 5.15 Å². The van der Waals surface area contributed by atoms with Gasteiger partial charge in [-0.3, -0.25) is 0 Å². The molecule has 0 fully saturated rings. The van der Waals surface area contributed by atoms with Crippen molar-refractivity contribution >= 4 is 22.6 Å². The maximum Gasteiger partial charge on any atom is 0.150 e. The van der Waals surface area contributed by atoms with Gasteiger partial charge in [0.15, 0.2) is 5.15 Å². The van der Waals surface area contributed by atoms with Crippen molar-refractivity contribution in [3.8, 4) is 0 Å². The van der Waals surface area contributed by atoms with Crippen molar-refractivity contribution in [1.29, 1.82) is 0 Å². The van der Waals surface area contributed by atoms with Gasteiger partial charge in [0.2, 0.25) is 0 Å². The molecule has 2 rings (SSSR count). The average molecular weight is 237 g/mol. The molecule has 86 valence electrons. The summed E-state index contributed by atoms with van der Waals surface area (Å²) >= 11 is 5.91. The van der Waals surface area contributed by atoms with Crippen molar-refractivity contribution in [3.05, 3.63) is 34.1 Å². The van der Waals surface area contributed by atoms with Gasteiger partial charge < -0.3 is 0 Å². The highest BCUT2D eigenvalue weighted by atomic mass is 35.5. The Hall–Kier alpha value is -1.15. The number of aryl methyl sites for hydroxylation is 3. The molecular weight excluding hydrogens is 220 g/mol. The number of aromatic nitrogens is 2. The summed E-state index contributed by atoms with van der Waals surface area (Å²) in [6, 6.07) is 4.06. The summed E-state index contributed by atoms with van der Waals surface area (Å²) in [6.07, 6.45) is 0. The number of nitrogens with zero attached hydrogens (tertiary/aromatic N) is 2. The van der Waals surface area contributed by atoms with E-state index in [-0.39, 0.29) is 0 Å². The van der Waals surface area contributed by atoms with Gasteiger partial charge in [0.25, 0.3) is 0 Å². The van der Waals surface area contributed by atoms with E-state index in [1.807, 2.05) is 32.9 Å². The standard InChI is InChI=1S/C11H11ClN2.C2H6/c1-6-4-9-10(5-7(6)2)14-11(12)8(3)13-9;1-2/h4-5H,1-3H3;1-2H3. The second-order valence-corrected chi connectivity index (χ2v) is 3.88. The largest absolute Gasteiger partial charge is 0.248 e. The van der Waals surface area contributed by atoms with Crippen LogP contribution in [0.25, 0.3) is 11.0 Å². The highest BCUT2D eigenvalue weighted by Crippen LogP contribution is 2.19. The van der Waals surface area contributed by atoms with Crippen molar-refractivity contribution in [1.82, 2.24) is 9.97 Å². The molecule has 0 amide bonds. The van der Waals surface area contributed by atoms with E-state index in [1.165, 1.54) is 11.1 Å². The van der Waals surface area contributed by atoms with Gasteiger partial charge in [0.05, 0.1) is 16.7 Å². The Bertz CT molecular complexity index is 417. The number of rotatable bonds is 0. The fourth-order valence-electron chi connectivity index (χ4n) is 1.38. The van der Waals surface area contributed by atoms with E-state index in [0.717, 1.165) is 16.7 Å². The quantitative estimate of drug-likeness (QED) is 0.684. The van der Waals surface area contributed by atoms with Gasteiger partial charge in [0, 0.05) is 0 Å². The lowest BCUT2D eigenvalue weighted by Crippen LogP contribution is -1.92. The van der Waals surface area contributed by atoms with Crippen LogP contribution in [-0.2, 0) is 0 Å². The molecule has 3 heteroatoms. The Labute approximate surface area is 102 Å². The summed E-state index contributed by atoms with van der Waals surface area (Å²) in [5.41, 5.74) is 5.00. The molecule has 1 aromatic heterocycles. The number of benzene rings is 1. The molecule has 0 aliphatic heterocycles. The van der Waals surface area contributed by atoms with Gasteiger partial charge in [-0.05, 0) is 44.0 Å². The fourth-order valence-corrected chi connectivity index (χ4v) is 1.51. The highest BCUT2D eigenvalue weighted by molar-refractivity contribution is 6.30. The van der Waals surface area contributed by atoms with E-state index in [4.69, 9.17) is 11.6 Å². The lowest BCUT2D eigenvalue weighted by molar-refractivity contribution is 1.17. The zero-order valence-corrected chi connectivity index (χ0v) is 11.2. The molecule has 1 heterocycles. The molecule has 2 aromatic rings. The van der Waals surface area contributed by atoms with Gasteiger partial charge in [-0.15, -0.1) is 0 Å². The van der Waals surface area contributed by atoms with Crippen LogP contribution in [0.5, 0.6) is 0 Å². The molecule has 0 bridgehead atoms. The Morgan fingerprint density at radius 3 is 1.81 bits per heavy atom. The second-order valence-electron chi connectivity index (χ2n) is 3.53. The van der Waals surface area contributed by atoms with Crippen LogP contribution in [0.2, 0.25) is 5.15 Å². The van der Waals surface area contributed by atoms with Crippen molar-refractivity contribution in [2.45, 2.75) is 34.6 Å². The Balaban J connectivity index is 0.000000606. The first-order valence-corrected chi connectivity index (χ1v) is 5.87. The summed E-state index contributed by atoms with van der Waals surface area (Å²) in [5.74, 6) is 0.